The highest BCUT2D eigenvalue weighted by Gasteiger charge is 2.41. The van der Waals surface area contributed by atoms with Crippen LogP contribution in [0, 0.1) is 13.8 Å². The number of aryl methyl sites for hydroxylation is 6. The number of aromatic nitrogens is 2. The van der Waals surface area contributed by atoms with E-state index in [1.54, 1.807) is 0 Å². The molecule has 0 unspecified atom stereocenters. The first-order chi connectivity index (χ1) is 32.1. The number of ether oxygens (including phenoxy) is 1. The fraction of sp³-hybridized carbons (Fsp3) is 0.475. The second kappa shape index (κ2) is 24.1. The van der Waals surface area contributed by atoms with Crippen LogP contribution in [0.2, 0.25) is 36.3 Å². The maximum Gasteiger partial charge on any atom is 0.305 e. The third-order valence-electron chi connectivity index (χ3n) is 14.5. The molecule has 0 atom stereocenters. The molecular formula is C59H82N2O5Si2. The van der Waals surface area contributed by atoms with E-state index in [4.69, 9.17) is 28.7 Å². The number of carbonyl (C=O) groups is 1. The smallest absolute Gasteiger partial charge is 0.305 e. The van der Waals surface area contributed by atoms with Crippen LogP contribution in [0.1, 0.15) is 125 Å². The molecule has 4 aromatic carbocycles. The highest BCUT2D eigenvalue weighted by molar-refractivity contribution is 6.75. The monoisotopic (exact) mass is 955 g/mol. The zero-order chi connectivity index (χ0) is 49.7. The Balaban J connectivity index is 0.000000255. The normalized spacial score (nSPS) is 12.2. The minimum absolute atomic E-state index is 0.129. The van der Waals surface area contributed by atoms with E-state index in [2.05, 4.69) is 179 Å². The lowest BCUT2D eigenvalue weighted by atomic mass is 10.0. The Morgan fingerprint density at radius 1 is 0.515 bits per heavy atom. The second-order valence-corrected chi connectivity index (χ2v) is 31.2. The molecule has 7 nitrogen and oxygen atoms in total. The number of fused-ring (bicyclic) bond motifs is 2. The Morgan fingerprint density at radius 3 is 1.25 bits per heavy atom. The first kappa shape index (κ1) is 54.1. The summed E-state index contributed by atoms with van der Waals surface area (Å²) in [6.45, 7) is 27.6. The minimum Gasteiger partial charge on any atom is -0.543 e. The Labute approximate surface area is 411 Å². The Kier molecular flexibility index (Phi) is 19.2. The summed E-state index contributed by atoms with van der Waals surface area (Å²) in [5, 5.41) is 11.4. The summed E-state index contributed by atoms with van der Waals surface area (Å²) in [6, 6.07) is 34.6. The van der Waals surface area contributed by atoms with E-state index in [0.717, 1.165) is 121 Å². The lowest BCUT2D eigenvalue weighted by molar-refractivity contribution is -0.140. The Bertz CT molecular complexity index is 2560. The third kappa shape index (κ3) is 14.8. The zero-order valence-electron chi connectivity index (χ0n) is 43.9. The van der Waals surface area contributed by atoms with Crippen LogP contribution in [0.15, 0.2) is 97.1 Å². The van der Waals surface area contributed by atoms with Crippen molar-refractivity contribution in [3.63, 3.8) is 0 Å². The van der Waals surface area contributed by atoms with Crippen LogP contribution >= 0.6 is 0 Å². The third-order valence-corrected chi connectivity index (χ3v) is 23.1. The largest absolute Gasteiger partial charge is 0.543 e. The molecule has 68 heavy (non-hydrogen) atoms. The topological polar surface area (TPSA) is 90.8 Å². The Hall–Kier alpha value is -4.84. The maximum absolute atomic E-state index is 11.3. The van der Waals surface area contributed by atoms with Crippen LogP contribution in [0.3, 0.4) is 0 Å². The van der Waals surface area contributed by atoms with E-state index in [1.807, 2.05) is 0 Å². The van der Waals surface area contributed by atoms with Crippen LogP contribution in [0.5, 0.6) is 11.5 Å². The number of hydrogen-bond donors (Lipinski definition) is 1. The summed E-state index contributed by atoms with van der Waals surface area (Å²) in [4.78, 5) is 21.3. The summed E-state index contributed by atoms with van der Waals surface area (Å²) in [7, 11) is -2.51. The number of hydrogen-bond acceptors (Lipinski definition) is 7. The predicted molar refractivity (Wildman–Crippen MR) is 291 cm³/mol. The number of methoxy groups -OCH3 is 1. The average Bonchev–Trinajstić information content (AvgIpc) is 3.30. The van der Waals surface area contributed by atoms with Gasteiger partial charge in [-0.3, -0.25) is 14.8 Å². The summed E-state index contributed by atoms with van der Waals surface area (Å²) in [5.41, 5.74) is 12.0. The van der Waals surface area contributed by atoms with Crippen LogP contribution in [-0.2, 0) is 48.1 Å². The van der Waals surface area contributed by atoms with Gasteiger partial charge in [0.2, 0.25) is 0 Å². The lowest BCUT2D eigenvalue weighted by Gasteiger charge is -2.37. The maximum atomic E-state index is 11.3. The van der Waals surface area contributed by atoms with E-state index in [-0.39, 0.29) is 16.0 Å². The predicted octanol–water partition coefficient (Wildman–Crippen LogP) is 15.0. The molecule has 6 rings (SSSR count). The molecule has 0 bridgehead atoms. The summed E-state index contributed by atoms with van der Waals surface area (Å²) in [5.74, 6) is 1.91. The zero-order valence-corrected chi connectivity index (χ0v) is 45.9. The standard InChI is InChI=1S/C30H41NO3Si.C29H41NO2Si/c1-22-26(21-20-24-18-16-23(17-19-24)12-8-11-15-28(32)33-5)31-27-14-10-9-13-25(27)29(22)34-35(6,7)30(2,3)4;1-22-26(20-19-24-17-15-23(16-18-24)12-8-7-11-21-31)30-27-14-10-9-13-25(27)28(22)32-33(5,6)29(2,3)4/h9-10,13-14,16-19H,8,11-12,15,20-21H2,1-7H3;9-10,13-18,31H,7-8,11-12,19-21H2,1-6H3. The van der Waals surface area contributed by atoms with E-state index in [0.29, 0.717) is 13.0 Å². The number of nitrogens with zero attached hydrogens (tertiary/aromatic N) is 2. The second-order valence-electron chi connectivity index (χ2n) is 21.7. The highest BCUT2D eigenvalue weighted by Crippen LogP contribution is 2.42. The molecule has 9 heteroatoms. The number of para-hydroxylation sites is 2. The van der Waals surface area contributed by atoms with E-state index >= 15 is 0 Å². The van der Waals surface area contributed by atoms with Crippen molar-refractivity contribution >= 4 is 44.4 Å². The number of aliphatic hydroxyl groups is 1. The van der Waals surface area contributed by atoms with Crippen molar-refractivity contribution in [3.05, 3.63) is 142 Å². The fourth-order valence-corrected chi connectivity index (χ4v) is 9.97. The Morgan fingerprint density at radius 2 is 0.882 bits per heavy atom. The number of pyridine rings is 2. The minimum atomic E-state index is -1.99. The first-order valence-corrected chi connectivity index (χ1v) is 30.9. The summed E-state index contributed by atoms with van der Waals surface area (Å²) in [6.07, 6.45) is 11.2. The molecule has 0 fully saturated rings. The van der Waals surface area contributed by atoms with Crippen molar-refractivity contribution in [1.82, 2.24) is 9.97 Å². The van der Waals surface area contributed by atoms with Gasteiger partial charge >= 0.3 is 5.97 Å². The molecule has 2 heterocycles. The average molecular weight is 955 g/mol. The fourth-order valence-electron chi connectivity index (χ4n) is 7.81. The van der Waals surface area contributed by atoms with Crippen molar-refractivity contribution < 1.29 is 23.5 Å². The van der Waals surface area contributed by atoms with Gasteiger partial charge in [0.25, 0.3) is 16.6 Å². The molecule has 6 aromatic rings. The molecule has 0 saturated carbocycles. The van der Waals surface area contributed by atoms with Gasteiger partial charge in [-0.2, -0.15) is 0 Å². The van der Waals surface area contributed by atoms with Crippen molar-refractivity contribution in [2.24, 2.45) is 0 Å². The van der Waals surface area contributed by atoms with Gasteiger partial charge < -0.3 is 18.7 Å². The molecule has 0 saturated heterocycles. The van der Waals surface area contributed by atoms with E-state index in [1.165, 1.54) is 34.9 Å². The molecule has 0 spiro atoms. The van der Waals surface area contributed by atoms with Crippen molar-refractivity contribution in [3.8, 4) is 11.5 Å². The van der Waals surface area contributed by atoms with E-state index in [9.17, 15) is 4.79 Å². The molecule has 2 aromatic heterocycles. The van der Waals surface area contributed by atoms with Crippen LogP contribution < -0.4 is 8.85 Å². The van der Waals surface area contributed by atoms with Gasteiger partial charge in [0, 0.05) is 46.3 Å². The van der Waals surface area contributed by atoms with Gasteiger partial charge in [0.05, 0.1) is 18.1 Å². The van der Waals surface area contributed by atoms with Crippen molar-refractivity contribution in [2.45, 2.75) is 169 Å². The van der Waals surface area contributed by atoms with Crippen molar-refractivity contribution in [1.29, 1.82) is 0 Å². The number of esters is 1. The summed E-state index contributed by atoms with van der Waals surface area (Å²) >= 11 is 0. The van der Waals surface area contributed by atoms with Gasteiger partial charge in [-0.15, -0.1) is 0 Å². The SMILES string of the molecule is COC(=O)CCCCc1ccc(CCc2nc3ccccc3c(O[Si](C)(C)C(C)(C)C)c2C)cc1.Cc1c(CCc2ccc(CCCCCO)cc2)nc2ccccc2c1O[Si](C)(C)C(C)(C)C. The molecule has 0 radical (unpaired) electrons. The highest BCUT2D eigenvalue weighted by atomic mass is 28.4. The molecule has 1 N–H and O–H groups in total. The number of aliphatic hydroxyl groups excluding tert-OH is 1. The van der Waals surface area contributed by atoms with Gasteiger partial charge in [-0.1, -0.05) is 121 Å². The van der Waals surface area contributed by atoms with Gasteiger partial charge in [-0.05, 0) is 161 Å². The number of rotatable bonds is 20. The molecule has 0 aliphatic rings. The number of unbranched alkanes of at least 4 members (excludes halogenated alkanes) is 3. The van der Waals surface area contributed by atoms with Gasteiger partial charge in [-0.25, -0.2) is 0 Å². The van der Waals surface area contributed by atoms with Crippen LogP contribution in [-0.4, -0.2) is 51.4 Å². The molecular weight excluding hydrogens is 873 g/mol. The molecule has 366 valence electrons. The van der Waals surface area contributed by atoms with E-state index < -0.39 is 16.6 Å². The van der Waals surface area contributed by atoms with Gasteiger partial charge in [0.1, 0.15) is 11.5 Å². The lowest BCUT2D eigenvalue weighted by Crippen LogP contribution is -2.44. The number of benzene rings is 4. The molecule has 0 amide bonds. The van der Waals surface area contributed by atoms with Gasteiger partial charge in [0.15, 0.2) is 0 Å². The molecule has 0 aliphatic carbocycles. The van der Waals surface area contributed by atoms with Crippen LogP contribution in [0.25, 0.3) is 21.8 Å². The number of carbonyl (C=O) groups excluding carboxylic acids is 1. The summed E-state index contributed by atoms with van der Waals surface area (Å²) < 4.78 is 18.4. The van der Waals surface area contributed by atoms with Crippen molar-refractivity contribution in [2.75, 3.05) is 13.7 Å². The van der Waals surface area contributed by atoms with Crippen LogP contribution in [0.4, 0.5) is 0 Å². The first-order valence-electron chi connectivity index (χ1n) is 25.1. The molecule has 0 aliphatic heterocycles. The quantitative estimate of drug-likeness (QED) is 0.0463.